The molecular formula is C19H34IN3O2. The molecule has 0 aromatic carbocycles. The Bertz CT molecular complexity index is 459. The molecule has 1 aromatic rings. The van der Waals surface area contributed by atoms with E-state index in [-0.39, 0.29) is 24.0 Å². The SMILES string of the molecule is CCCCCC(C)NC(=NCC1CCOC1)NCCc1ccco1.I. The minimum atomic E-state index is 0. The zero-order valence-corrected chi connectivity index (χ0v) is 18.0. The van der Waals surface area contributed by atoms with Gasteiger partial charge in [0.05, 0.1) is 12.9 Å². The van der Waals surface area contributed by atoms with Gasteiger partial charge in [-0.2, -0.15) is 0 Å². The molecule has 2 rings (SSSR count). The summed E-state index contributed by atoms with van der Waals surface area (Å²) in [6.07, 6.45) is 8.71. The molecule has 2 heterocycles. The molecule has 1 aromatic heterocycles. The van der Waals surface area contributed by atoms with Gasteiger partial charge in [-0.3, -0.25) is 4.99 Å². The Morgan fingerprint density at radius 1 is 1.40 bits per heavy atom. The van der Waals surface area contributed by atoms with Gasteiger partial charge in [-0.15, -0.1) is 24.0 Å². The fraction of sp³-hybridized carbons (Fsp3) is 0.737. The number of nitrogens with zero attached hydrogens (tertiary/aromatic N) is 1. The van der Waals surface area contributed by atoms with Gasteiger partial charge >= 0.3 is 0 Å². The Hall–Kier alpha value is -0.760. The van der Waals surface area contributed by atoms with Crippen molar-refractivity contribution in [3.63, 3.8) is 0 Å². The van der Waals surface area contributed by atoms with Gasteiger partial charge in [-0.25, -0.2) is 0 Å². The van der Waals surface area contributed by atoms with Gasteiger partial charge in [0.1, 0.15) is 5.76 Å². The fourth-order valence-electron chi connectivity index (χ4n) is 2.87. The van der Waals surface area contributed by atoms with Crippen molar-refractivity contribution < 1.29 is 9.15 Å². The van der Waals surface area contributed by atoms with Crippen molar-refractivity contribution in [1.29, 1.82) is 0 Å². The van der Waals surface area contributed by atoms with E-state index in [1.54, 1.807) is 6.26 Å². The van der Waals surface area contributed by atoms with Gasteiger partial charge in [0.2, 0.25) is 0 Å². The smallest absolute Gasteiger partial charge is 0.191 e. The zero-order valence-electron chi connectivity index (χ0n) is 15.6. The zero-order chi connectivity index (χ0) is 17.0. The molecule has 2 unspecified atom stereocenters. The van der Waals surface area contributed by atoms with Gasteiger partial charge in [-0.1, -0.05) is 26.2 Å². The molecule has 1 saturated heterocycles. The van der Waals surface area contributed by atoms with E-state index in [9.17, 15) is 0 Å². The first-order chi connectivity index (χ1) is 11.8. The van der Waals surface area contributed by atoms with Crippen molar-refractivity contribution in [3.8, 4) is 0 Å². The van der Waals surface area contributed by atoms with Crippen LogP contribution in [0, 0.1) is 5.92 Å². The van der Waals surface area contributed by atoms with E-state index in [0.717, 1.165) is 50.9 Å². The van der Waals surface area contributed by atoms with Crippen LogP contribution in [0.1, 0.15) is 51.7 Å². The highest BCUT2D eigenvalue weighted by atomic mass is 127. The van der Waals surface area contributed by atoms with Crippen LogP contribution in [0.5, 0.6) is 0 Å². The summed E-state index contributed by atoms with van der Waals surface area (Å²) in [5.41, 5.74) is 0. The van der Waals surface area contributed by atoms with Gasteiger partial charge < -0.3 is 19.8 Å². The summed E-state index contributed by atoms with van der Waals surface area (Å²) >= 11 is 0. The molecule has 1 aliphatic rings. The Balaban J connectivity index is 0.00000312. The number of guanidine groups is 1. The largest absolute Gasteiger partial charge is 0.469 e. The van der Waals surface area contributed by atoms with Crippen LogP contribution >= 0.6 is 24.0 Å². The molecule has 25 heavy (non-hydrogen) atoms. The second-order valence-electron chi connectivity index (χ2n) is 6.72. The van der Waals surface area contributed by atoms with Crippen LogP contribution in [0.15, 0.2) is 27.8 Å². The number of furan rings is 1. The second kappa shape index (κ2) is 13.4. The molecular weight excluding hydrogens is 429 g/mol. The van der Waals surface area contributed by atoms with Gasteiger partial charge in [0.25, 0.3) is 0 Å². The Morgan fingerprint density at radius 2 is 2.28 bits per heavy atom. The molecule has 2 atom stereocenters. The molecule has 144 valence electrons. The monoisotopic (exact) mass is 463 g/mol. The average Bonchev–Trinajstić information content (AvgIpc) is 3.26. The van der Waals surface area contributed by atoms with Gasteiger partial charge in [-0.05, 0) is 31.9 Å². The molecule has 1 aliphatic heterocycles. The van der Waals surface area contributed by atoms with Crippen LogP contribution in [-0.2, 0) is 11.2 Å². The standard InChI is InChI=1S/C19H33N3O2.HI/c1-3-4-5-7-16(2)22-19(21-14-17-10-13-23-15-17)20-11-9-18-8-6-12-24-18;/h6,8,12,16-17H,3-5,7,9-11,13-15H2,1-2H3,(H2,20,21,22);1H. The van der Waals surface area contributed by atoms with E-state index in [2.05, 4.69) is 24.5 Å². The molecule has 2 N–H and O–H groups in total. The minimum absolute atomic E-state index is 0. The van der Waals surface area contributed by atoms with E-state index in [4.69, 9.17) is 14.1 Å². The number of unbranched alkanes of at least 4 members (excludes halogenated alkanes) is 2. The Labute approximate surface area is 169 Å². The van der Waals surface area contributed by atoms with E-state index in [1.165, 1.54) is 25.7 Å². The van der Waals surface area contributed by atoms with E-state index in [0.29, 0.717) is 12.0 Å². The van der Waals surface area contributed by atoms with Crippen molar-refractivity contribution in [2.75, 3.05) is 26.3 Å². The van der Waals surface area contributed by atoms with Crippen LogP contribution in [0.2, 0.25) is 0 Å². The first-order valence-corrected chi connectivity index (χ1v) is 9.43. The molecule has 5 nitrogen and oxygen atoms in total. The first kappa shape index (κ1) is 22.3. The van der Waals surface area contributed by atoms with Crippen molar-refractivity contribution >= 4 is 29.9 Å². The maximum absolute atomic E-state index is 5.44. The molecule has 0 saturated carbocycles. The molecule has 0 bridgehead atoms. The highest BCUT2D eigenvalue weighted by Gasteiger charge is 2.15. The molecule has 6 heteroatoms. The van der Waals surface area contributed by atoms with Crippen molar-refractivity contribution in [2.45, 2.75) is 58.4 Å². The van der Waals surface area contributed by atoms with E-state index in [1.807, 2.05) is 12.1 Å². The highest BCUT2D eigenvalue weighted by molar-refractivity contribution is 14.0. The van der Waals surface area contributed by atoms with Crippen LogP contribution < -0.4 is 10.6 Å². The van der Waals surface area contributed by atoms with Crippen molar-refractivity contribution in [1.82, 2.24) is 10.6 Å². The summed E-state index contributed by atoms with van der Waals surface area (Å²) in [5, 5.41) is 6.99. The molecule has 0 amide bonds. The predicted molar refractivity (Wildman–Crippen MR) is 114 cm³/mol. The molecule has 1 fully saturated rings. The second-order valence-corrected chi connectivity index (χ2v) is 6.72. The number of aliphatic imine (C=N–C) groups is 1. The lowest BCUT2D eigenvalue weighted by Gasteiger charge is -2.18. The number of halogens is 1. The topological polar surface area (TPSA) is 58.8 Å². The van der Waals surface area contributed by atoms with Crippen molar-refractivity contribution in [2.24, 2.45) is 10.9 Å². The summed E-state index contributed by atoms with van der Waals surface area (Å²) in [6.45, 7) is 7.85. The van der Waals surface area contributed by atoms with E-state index < -0.39 is 0 Å². The lowest BCUT2D eigenvalue weighted by molar-refractivity contribution is 0.187. The third-order valence-corrected chi connectivity index (χ3v) is 4.40. The van der Waals surface area contributed by atoms with Crippen LogP contribution in [-0.4, -0.2) is 38.3 Å². The Morgan fingerprint density at radius 3 is 2.96 bits per heavy atom. The maximum Gasteiger partial charge on any atom is 0.191 e. The lowest BCUT2D eigenvalue weighted by atomic mass is 10.1. The highest BCUT2D eigenvalue weighted by Crippen LogP contribution is 2.12. The first-order valence-electron chi connectivity index (χ1n) is 9.43. The lowest BCUT2D eigenvalue weighted by Crippen LogP contribution is -2.43. The van der Waals surface area contributed by atoms with Crippen LogP contribution in [0.25, 0.3) is 0 Å². The number of rotatable bonds is 10. The van der Waals surface area contributed by atoms with E-state index >= 15 is 0 Å². The summed E-state index contributed by atoms with van der Waals surface area (Å²) in [7, 11) is 0. The molecule has 0 aliphatic carbocycles. The maximum atomic E-state index is 5.44. The predicted octanol–water partition coefficient (Wildman–Crippen LogP) is 3.98. The van der Waals surface area contributed by atoms with Crippen molar-refractivity contribution in [3.05, 3.63) is 24.2 Å². The normalized spacial score (nSPS) is 18.6. The summed E-state index contributed by atoms with van der Waals surface area (Å²) in [5.74, 6) is 2.48. The van der Waals surface area contributed by atoms with Crippen LogP contribution in [0.4, 0.5) is 0 Å². The molecule has 0 radical (unpaired) electrons. The summed E-state index contributed by atoms with van der Waals surface area (Å²) in [6, 6.07) is 4.37. The van der Waals surface area contributed by atoms with Gasteiger partial charge in [0.15, 0.2) is 5.96 Å². The Kier molecular flexibility index (Phi) is 12.0. The minimum Gasteiger partial charge on any atom is -0.469 e. The third kappa shape index (κ3) is 9.49. The average molecular weight is 463 g/mol. The van der Waals surface area contributed by atoms with Crippen LogP contribution in [0.3, 0.4) is 0 Å². The summed E-state index contributed by atoms with van der Waals surface area (Å²) in [4.78, 5) is 4.78. The number of ether oxygens (including phenoxy) is 1. The number of hydrogen-bond acceptors (Lipinski definition) is 3. The third-order valence-electron chi connectivity index (χ3n) is 4.40. The quantitative estimate of drug-likeness (QED) is 0.239. The number of nitrogens with one attached hydrogen (secondary N) is 2. The van der Waals surface area contributed by atoms with Gasteiger partial charge in [0, 0.05) is 38.1 Å². The number of hydrogen-bond donors (Lipinski definition) is 2. The fourth-order valence-corrected chi connectivity index (χ4v) is 2.87. The molecule has 0 spiro atoms. The summed E-state index contributed by atoms with van der Waals surface area (Å²) < 4.78 is 10.8.